The summed E-state index contributed by atoms with van der Waals surface area (Å²) in [5.41, 5.74) is -0.256. The third kappa shape index (κ3) is 13.0. The Morgan fingerprint density at radius 1 is 0.950 bits per heavy atom. The molecule has 0 heterocycles. The number of para-hydroxylation sites is 1. The Labute approximate surface area is 145 Å². The van der Waals surface area contributed by atoms with Crippen molar-refractivity contribution in [3.63, 3.8) is 0 Å². The van der Waals surface area contributed by atoms with Gasteiger partial charge in [-0.25, -0.2) is 4.79 Å². The number of nitrogens with two attached hydrogens (primary N) is 4. The van der Waals surface area contributed by atoms with E-state index in [1.165, 1.54) is 24.3 Å². The molecule has 0 atom stereocenters. The van der Waals surface area contributed by atoms with Gasteiger partial charge in [0.05, 0.1) is 0 Å². The Bertz CT molecular complexity index is 367. The Hall–Kier alpha value is 0.0166. The van der Waals surface area contributed by atoms with Crippen LogP contribution in [0.15, 0.2) is 24.3 Å². The van der Waals surface area contributed by atoms with Gasteiger partial charge in [-0.2, -0.15) is 14.7 Å². The molecular formula is C7H16N4O6PPt2+. The van der Waals surface area contributed by atoms with Crippen LogP contribution in [0.4, 0.5) is 0 Å². The standard InChI is InChI=1S/C7H7O6P.4H2N.2Pt/c8-7(9)5-3-1-2-4-6(5)13-14(10,11)12;;;;;;/h1-4,10-12H;4*1H2;;/q;4*-1;2*+2/p+1. The van der Waals surface area contributed by atoms with Crippen molar-refractivity contribution in [2.45, 2.75) is 0 Å². The van der Waals surface area contributed by atoms with Gasteiger partial charge in [0.25, 0.3) is 0 Å². The summed E-state index contributed by atoms with van der Waals surface area (Å²) in [7, 11) is -4.47. The van der Waals surface area contributed by atoms with Crippen molar-refractivity contribution in [1.82, 2.24) is 0 Å². The summed E-state index contributed by atoms with van der Waals surface area (Å²) in [6, 6.07) is 5.31. The molecule has 0 radical (unpaired) electrons. The van der Waals surface area contributed by atoms with E-state index in [2.05, 4.69) is 4.52 Å². The molecule has 0 aliphatic heterocycles. The van der Waals surface area contributed by atoms with Crippen molar-refractivity contribution in [1.29, 1.82) is 0 Å². The van der Waals surface area contributed by atoms with Crippen LogP contribution in [0.25, 0.3) is 24.6 Å². The monoisotopic (exact) mass is 673 g/mol. The predicted molar refractivity (Wildman–Crippen MR) is 68.7 cm³/mol. The van der Waals surface area contributed by atoms with Gasteiger partial charge in [-0.05, 0) is 12.1 Å². The van der Waals surface area contributed by atoms with Gasteiger partial charge in [-0.3, -0.25) is 4.52 Å². The topological polar surface area (TPSA) is 241 Å². The zero-order chi connectivity index (χ0) is 10.8. The average Bonchev–Trinajstić information content (AvgIpc) is 2.01. The number of carboxylic acid groups (broad SMARTS) is 1. The molecule has 13 heteroatoms. The van der Waals surface area contributed by atoms with E-state index in [-0.39, 0.29) is 78.0 Å². The molecule has 10 nitrogen and oxygen atoms in total. The first-order chi connectivity index (χ1) is 6.40. The fraction of sp³-hybridized carbons (Fsp3) is 0. The van der Waals surface area contributed by atoms with Crippen LogP contribution < -0.4 is 4.52 Å². The van der Waals surface area contributed by atoms with Crippen LogP contribution >= 0.6 is 8.17 Å². The number of carboxylic acids is 1. The van der Waals surface area contributed by atoms with E-state index in [4.69, 9.17) is 19.8 Å². The van der Waals surface area contributed by atoms with Gasteiger partial charge in [0, 0.05) is 0 Å². The third-order valence-corrected chi connectivity index (χ3v) is 1.78. The van der Waals surface area contributed by atoms with E-state index in [9.17, 15) is 4.79 Å². The van der Waals surface area contributed by atoms with Crippen molar-refractivity contribution in [2.24, 2.45) is 0 Å². The normalized spacial score (nSPS) is 7.75. The van der Waals surface area contributed by atoms with Gasteiger partial charge in [-0.1, -0.05) is 12.1 Å². The molecule has 0 aliphatic rings. The van der Waals surface area contributed by atoms with Crippen LogP contribution in [0.2, 0.25) is 0 Å². The fourth-order valence-electron chi connectivity index (χ4n) is 0.855. The number of hydrogen-bond donors (Lipinski definition) is 4. The summed E-state index contributed by atoms with van der Waals surface area (Å²) in [5.74, 6) is -1.57. The fourth-order valence-corrected chi connectivity index (χ4v) is 1.28. The quantitative estimate of drug-likeness (QED) is 0.351. The van der Waals surface area contributed by atoms with Crippen molar-refractivity contribution >= 4 is 14.1 Å². The number of carbonyl (C=O) groups is 1. The molecular weight excluding hydrogens is 657 g/mol. The molecule has 0 unspecified atom stereocenters. The number of aromatic carboxylic acids is 1. The van der Waals surface area contributed by atoms with E-state index in [1.807, 2.05) is 0 Å². The summed E-state index contributed by atoms with van der Waals surface area (Å²) < 4.78 is 4.29. The summed E-state index contributed by atoms with van der Waals surface area (Å²) in [4.78, 5) is 36.3. The van der Waals surface area contributed by atoms with Crippen LogP contribution in [0, 0.1) is 0 Å². The molecule has 0 saturated carbocycles. The summed E-state index contributed by atoms with van der Waals surface area (Å²) in [6.45, 7) is 0. The number of hydrogen-bond acceptors (Lipinski definition) is 5. The van der Waals surface area contributed by atoms with E-state index in [0.29, 0.717) is 0 Å². The van der Waals surface area contributed by atoms with Crippen molar-refractivity contribution < 1.29 is 71.2 Å². The second kappa shape index (κ2) is 15.4. The average molecular weight is 673 g/mol. The van der Waals surface area contributed by atoms with Crippen LogP contribution in [0.5, 0.6) is 5.75 Å². The molecule has 1 aromatic rings. The van der Waals surface area contributed by atoms with Crippen molar-refractivity contribution in [2.75, 3.05) is 0 Å². The predicted octanol–water partition coefficient (Wildman–Crippen LogP) is 3.28. The van der Waals surface area contributed by atoms with Crippen LogP contribution in [-0.4, -0.2) is 25.8 Å². The number of benzene rings is 1. The van der Waals surface area contributed by atoms with E-state index >= 15 is 0 Å². The zero-order valence-corrected chi connectivity index (χ0v) is 15.2. The third-order valence-electron chi connectivity index (χ3n) is 1.34. The van der Waals surface area contributed by atoms with Crippen molar-refractivity contribution in [3.05, 3.63) is 54.4 Å². The molecule has 1 aromatic carbocycles. The van der Waals surface area contributed by atoms with Crippen LogP contribution in [0.1, 0.15) is 10.4 Å². The smallest absolute Gasteiger partial charge is 0.693 e. The molecule has 1 rings (SSSR count). The largest absolute Gasteiger partial charge is 2.00 e. The summed E-state index contributed by atoms with van der Waals surface area (Å²) >= 11 is 0. The van der Waals surface area contributed by atoms with E-state index in [0.717, 1.165) is 0 Å². The molecule has 12 N–H and O–H groups in total. The molecule has 124 valence electrons. The van der Waals surface area contributed by atoms with Gasteiger partial charge in [0.15, 0.2) is 5.75 Å². The Morgan fingerprint density at radius 3 is 1.70 bits per heavy atom. The van der Waals surface area contributed by atoms with Gasteiger partial charge < -0.3 is 29.7 Å². The van der Waals surface area contributed by atoms with Gasteiger partial charge >= 0.3 is 56.3 Å². The molecule has 0 saturated heterocycles. The molecule has 0 fully saturated rings. The van der Waals surface area contributed by atoms with Crippen LogP contribution in [0.3, 0.4) is 0 Å². The second-order valence-electron chi connectivity index (χ2n) is 2.41. The number of rotatable bonds is 3. The maximum Gasteiger partial charge on any atom is 2.00 e. The summed E-state index contributed by atoms with van der Waals surface area (Å²) in [5, 5.41) is 8.65. The molecule has 0 aliphatic carbocycles. The minimum absolute atomic E-state index is 0. The van der Waals surface area contributed by atoms with Crippen molar-refractivity contribution in [3.8, 4) is 5.75 Å². The summed E-state index contributed by atoms with van der Waals surface area (Å²) in [6.07, 6.45) is 0. The second-order valence-corrected chi connectivity index (χ2v) is 3.62. The molecule has 0 aromatic heterocycles. The minimum atomic E-state index is -4.47. The first kappa shape index (κ1) is 36.8. The van der Waals surface area contributed by atoms with E-state index < -0.39 is 14.1 Å². The first-order valence-corrected chi connectivity index (χ1v) is 5.06. The Kier molecular flexibility index (Phi) is 28.4. The zero-order valence-electron chi connectivity index (χ0n) is 9.80. The molecule has 0 bridgehead atoms. The maximum absolute atomic E-state index is 10.6. The first-order valence-electron chi connectivity index (χ1n) is 3.49. The Morgan fingerprint density at radius 2 is 1.35 bits per heavy atom. The minimum Gasteiger partial charge on any atom is -0.693 e. The van der Waals surface area contributed by atoms with Crippen LogP contribution in [-0.2, 0) is 42.1 Å². The van der Waals surface area contributed by atoms with Gasteiger partial charge in [0.1, 0.15) is 5.56 Å². The Balaban J connectivity index is -0.0000000817. The molecule has 0 spiro atoms. The molecule has 20 heavy (non-hydrogen) atoms. The van der Waals surface area contributed by atoms with E-state index in [1.54, 1.807) is 0 Å². The van der Waals surface area contributed by atoms with Gasteiger partial charge in [0.2, 0.25) is 0 Å². The van der Waals surface area contributed by atoms with Gasteiger partial charge in [-0.15, -0.1) is 0 Å². The maximum atomic E-state index is 10.6. The SMILES string of the molecule is O=C(O)c1ccccc1O[P+](O)(O)O.[NH2-].[NH2-].[NH2-].[NH2-].[Pt+2].[Pt+2]. The molecule has 0 amide bonds.